The van der Waals surface area contributed by atoms with Crippen molar-refractivity contribution in [3.8, 4) is 0 Å². The van der Waals surface area contributed by atoms with Gasteiger partial charge in [0.05, 0.1) is 0 Å². The molecule has 2 N–H and O–H groups in total. The normalized spacial score (nSPS) is 25.6. The van der Waals surface area contributed by atoms with Gasteiger partial charge in [-0.1, -0.05) is 13.3 Å². The van der Waals surface area contributed by atoms with Gasteiger partial charge in [0.15, 0.2) is 0 Å². The van der Waals surface area contributed by atoms with Crippen molar-refractivity contribution in [3.05, 3.63) is 0 Å². The summed E-state index contributed by atoms with van der Waals surface area (Å²) >= 11 is 0. The van der Waals surface area contributed by atoms with Crippen molar-refractivity contribution >= 4 is 10.2 Å². The van der Waals surface area contributed by atoms with Gasteiger partial charge in [0.2, 0.25) is 0 Å². The SMILES string of the molecule is CC(CO)CNS(=O)(=O)N1CCCCC1C. The Kier molecular flexibility index (Phi) is 5.17. The van der Waals surface area contributed by atoms with E-state index in [1.807, 2.05) is 13.8 Å². The molecule has 0 aromatic rings. The second kappa shape index (κ2) is 5.95. The molecule has 1 rings (SSSR count). The number of nitrogens with zero attached hydrogens (tertiary/aromatic N) is 1. The van der Waals surface area contributed by atoms with Gasteiger partial charge in [-0.15, -0.1) is 0 Å². The summed E-state index contributed by atoms with van der Waals surface area (Å²) < 4.78 is 28.0. The van der Waals surface area contributed by atoms with Crippen LogP contribution < -0.4 is 4.72 Å². The van der Waals surface area contributed by atoms with Crippen molar-refractivity contribution in [1.82, 2.24) is 9.03 Å². The quantitative estimate of drug-likeness (QED) is 0.738. The fourth-order valence-corrected chi connectivity index (χ4v) is 3.43. The minimum Gasteiger partial charge on any atom is -0.396 e. The van der Waals surface area contributed by atoms with Gasteiger partial charge >= 0.3 is 0 Å². The highest BCUT2D eigenvalue weighted by atomic mass is 32.2. The Balaban J connectivity index is 2.55. The van der Waals surface area contributed by atoms with Crippen molar-refractivity contribution in [1.29, 1.82) is 0 Å². The summed E-state index contributed by atoms with van der Waals surface area (Å²) in [6.45, 7) is 4.64. The molecule has 2 atom stereocenters. The van der Waals surface area contributed by atoms with Crippen molar-refractivity contribution < 1.29 is 13.5 Å². The monoisotopic (exact) mass is 250 g/mol. The molecule has 1 fully saturated rings. The highest BCUT2D eigenvalue weighted by molar-refractivity contribution is 7.87. The number of rotatable bonds is 5. The van der Waals surface area contributed by atoms with Gasteiger partial charge in [0.25, 0.3) is 10.2 Å². The molecule has 2 unspecified atom stereocenters. The van der Waals surface area contributed by atoms with Crippen LogP contribution >= 0.6 is 0 Å². The Morgan fingerprint density at radius 1 is 1.50 bits per heavy atom. The zero-order valence-electron chi connectivity index (χ0n) is 10.0. The van der Waals surface area contributed by atoms with E-state index in [1.54, 1.807) is 0 Å². The molecular formula is C10H22N2O3S. The number of nitrogens with one attached hydrogen (secondary N) is 1. The molecule has 0 aromatic carbocycles. The third-order valence-corrected chi connectivity index (χ3v) is 4.67. The Hall–Kier alpha value is -0.170. The smallest absolute Gasteiger partial charge is 0.279 e. The molecule has 1 saturated heterocycles. The minimum atomic E-state index is -3.37. The summed E-state index contributed by atoms with van der Waals surface area (Å²) in [5.41, 5.74) is 0. The lowest BCUT2D eigenvalue weighted by Crippen LogP contribution is -2.48. The van der Waals surface area contributed by atoms with E-state index < -0.39 is 10.2 Å². The average Bonchev–Trinajstić information content (AvgIpc) is 2.26. The lowest BCUT2D eigenvalue weighted by molar-refractivity contribution is 0.234. The highest BCUT2D eigenvalue weighted by Crippen LogP contribution is 2.18. The van der Waals surface area contributed by atoms with E-state index in [0.29, 0.717) is 13.1 Å². The zero-order chi connectivity index (χ0) is 12.2. The van der Waals surface area contributed by atoms with E-state index in [0.717, 1.165) is 19.3 Å². The molecule has 0 aliphatic carbocycles. The fourth-order valence-electron chi connectivity index (χ4n) is 1.82. The van der Waals surface area contributed by atoms with Gasteiger partial charge in [-0.25, -0.2) is 4.72 Å². The van der Waals surface area contributed by atoms with E-state index in [-0.39, 0.29) is 18.6 Å². The third-order valence-electron chi connectivity index (χ3n) is 2.98. The van der Waals surface area contributed by atoms with Crippen molar-refractivity contribution in [2.75, 3.05) is 19.7 Å². The maximum Gasteiger partial charge on any atom is 0.279 e. The van der Waals surface area contributed by atoms with Crippen molar-refractivity contribution in [3.63, 3.8) is 0 Å². The Morgan fingerprint density at radius 3 is 2.75 bits per heavy atom. The number of hydrogen-bond acceptors (Lipinski definition) is 3. The number of aliphatic hydroxyl groups excluding tert-OH is 1. The topological polar surface area (TPSA) is 69.6 Å². The van der Waals surface area contributed by atoms with Gasteiger partial charge < -0.3 is 5.11 Å². The summed E-state index contributed by atoms with van der Waals surface area (Å²) in [7, 11) is -3.37. The standard InChI is InChI=1S/C10H22N2O3S/c1-9(8-13)7-11-16(14,15)12-6-4-3-5-10(12)2/h9-11,13H,3-8H2,1-2H3. The molecule has 96 valence electrons. The first-order valence-electron chi connectivity index (χ1n) is 5.84. The largest absolute Gasteiger partial charge is 0.396 e. The summed E-state index contributed by atoms with van der Waals surface area (Å²) in [5, 5.41) is 8.85. The van der Waals surface area contributed by atoms with Crippen LogP contribution in [0, 0.1) is 5.92 Å². The Labute approximate surface area is 98.0 Å². The summed E-state index contributed by atoms with van der Waals surface area (Å²) in [6, 6.07) is 0.0793. The van der Waals surface area contributed by atoms with Crippen LogP contribution in [0.25, 0.3) is 0 Å². The molecule has 0 saturated carbocycles. The first kappa shape index (κ1) is 13.9. The second-order valence-corrected chi connectivity index (χ2v) is 6.30. The first-order valence-corrected chi connectivity index (χ1v) is 7.28. The van der Waals surface area contributed by atoms with E-state index in [1.165, 1.54) is 4.31 Å². The average molecular weight is 250 g/mol. The molecule has 0 aromatic heterocycles. The Morgan fingerprint density at radius 2 is 2.19 bits per heavy atom. The van der Waals surface area contributed by atoms with Gasteiger partial charge in [0, 0.05) is 25.7 Å². The van der Waals surface area contributed by atoms with Crippen LogP contribution in [0.2, 0.25) is 0 Å². The lowest BCUT2D eigenvalue weighted by Gasteiger charge is -2.32. The van der Waals surface area contributed by atoms with E-state index in [4.69, 9.17) is 5.11 Å². The predicted octanol–water partition coefficient (Wildman–Crippen LogP) is 0.324. The summed E-state index contributed by atoms with van der Waals surface area (Å²) in [4.78, 5) is 0. The minimum absolute atomic E-state index is 0.00191. The van der Waals surface area contributed by atoms with Gasteiger partial charge in [-0.3, -0.25) is 0 Å². The molecule has 0 spiro atoms. The van der Waals surface area contributed by atoms with Crippen LogP contribution in [-0.2, 0) is 10.2 Å². The number of hydrogen-bond donors (Lipinski definition) is 2. The second-order valence-electron chi connectivity index (χ2n) is 4.60. The van der Waals surface area contributed by atoms with Gasteiger partial charge in [0.1, 0.15) is 0 Å². The molecule has 0 bridgehead atoms. The molecular weight excluding hydrogens is 228 g/mol. The van der Waals surface area contributed by atoms with Crippen LogP contribution in [0.1, 0.15) is 33.1 Å². The molecule has 1 aliphatic rings. The highest BCUT2D eigenvalue weighted by Gasteiger charge is 2.29. The van der Waals surface area contributed by atoms with Crippen LogP contribution in [0.15, 0.2) is 0 Å². The maximum absolute atomic E-state index is 11.9. The van der Waals surface area contributed by atoms with Gasteiger partial charge in [-0.05, 0) is 25.7 Å². The molecule has 1 aliphatic heterocycles. The maximum atomic E-state index is 11.9. The van der Waals surface area contributed by atoms with Crippen LogP contribution in [0.4, 0.5) is 0 Å². The number of aliphatic hydroxyl groups is 1. The fraction of sp³-hybridized carbons (Fsp3) is 1.00. The lowest BCUT2D eigenvalue weighted by atomic mass is 10.1. The van der Waals surface area contributed by atoms with Crippen molar-refractivity contribution in [2.45, 2.75) is 39.2 Å². The first-order chi connectivity index (χ1) is 7.47. The van der Waals surface area contributed by atoms with E-state index in [9.17, 15) is 8.42 Å². The summed E-state index contributed by atoms with van der Waals surface area (Å²) in [6.07, 6.45) is 2.96. The third kappa shape index (κ3) is 3.69. The zero-order valence-corrected chi connectivity index (χ0v) is 10.8. The van der Waals surface area contributed by atoms with Crippen LogP contribution in [0.3, 0.4) is 0 Å². The van der Waals surface area contributed by atoms with E-state index >= 15 is 0 Å². The summed E-state index contributed by atoms with van der Waals surface area (Å²) in [5.74, 6) is -0.0464. The van der Waals surface area contributed by atoms with Crippen LogP contribution in [-0.4, -0.2) is 43.6 Å². The molecule has 0 radical (unpaired) electrons. The van der Waals surface area contributed by atoms with E-state index in [2.05, 4.69) is 4.72 Å². The molecule has 1 heterocycles. The molecule has 16 heavy (non-hydrogen) atoms. The van der Waals surface area contributed by atoms with Crippen molar-refractivity contribution in [2.24, 2.45) is 5.92 Å². The number of piperidine rings is 1. The molecule has 6 heteroatoms. The van der Waals surface area contributed by atoms with Crippen LogP contribution in [0.5, 0.6) is 0 Å². The predicted molar refractivity (Wildman–Crippen MR) is 63.2 cm³/mol. The molecule has 5 nitrogen and oxygen atoms in total. The van der Waals surface area contributed by atoms with Gasteiger partial charge in [-0.2, -0.15) is 12.7 Å². The Bertz CT molecular complexity index is 305. The molecule has 0 amide bonds.